The molecule has 5 rings (SSSR count). The highest BCUT2D eigenvalue weighted by Crippen LogP contribution is 2.24. The summed E-state index contributed by atoms with van der Waals surface area (Å²) in [5.74, 6) is 0.810. The Hall–Kier alpha value is -2.75. The Morgan fingerprint density at radius 1 is 1.06 bits per heavy atom. The van der Waals surface area contributed by atoms with Gasteiger partial charge in [-0.3, -0.25) is 14.6 Å². The summed E-state index contributed by atoms with van der Waals surface area (Å²) in [7, 11) is 2.03. The molecule has 4 heterocycles. The minimum Gasteiger partial charge on any atom is -0.378 e. The number of ether oxygens (including phenoxy) is 1. The molecule has 1 aromatic heterocycles. The Bertz CT molecular complexity index is 975. The van der Waals surface area contributed by atoms with Crippen LogP contribution in [0.5, 0.6) is 0 Å². The van der Waals surface area contributed by atoms with Crippen LogP contribution >= 0.6 is 0 Å². The van der Waals surface area contributed by atoms with E-state index in [1.165, 1.54) is 18.5 Å². The van der Waals surface area contributed by atoms with Gasteiger partial charge in [-0.15, -0.1) is 0 Å². The van der Waals surface area contributed by atoms with Crippen LogP contribution in [-0.4, -0.2) is 97.8 Å². The number of hydrogen-bond donors (Lipinski definition) is 1. The molecule has 1 amide bonds. The third-order valence-corrected chi connectivity index (χ3v) is 7.00. The van der Waals surface area contributed by atoms with Gasteiger partial charge in [-0.05, 0) is 44.2 Å². The average molecular weight is 466 g/mol. The number of likely N-dealkylation sites (N-methyl/N-ethyl adjacent to an activating group) is 1. The highest BCUT2D eigenvalue weighted by Gasteiger charge is 2.30. The summed E-state index contributed by atoms with van der Waals surface area (Å²) in [5, 5.41) is 3.16. The van der Waals surface area contributed by atoms with Crippen LogP contribution in [0.3, 0.4) is 0 Å². The van der Waals surface area contributed by atoms with Crippen molar-refractivity contribution in [1.29, 1.82) is 0 Å². The van der Waals surface area contributed by atoms with Crippen molar-refractivity contribution in [2.24, 2.45) is 0 Å². The Morgan fingerprint density at radius 2 is 1.88 bits per heavy atom. The Kier molecular flexibility index (Phi) is 7.22. The Labute approximate surface area is 201 Å². The topological polar surface area (TPSA) is 77.1 Å². The molecule has 1 aromatic carbocycles. The highest BCUT2D eigenvalue weighted by atomic mass is 16.5. The van der Waals surface area contributed by atoms with Crippen LogP contribution in [0.2, 0.25) is 0 Å². The van der Waals surface area contributed by atoms with Crippen molar-refractivity contribution in [3.63, 3.8) is 0 Å². The van der Waals surface area contributed by atoms with Crippen LogP contribution in [0.15, 0.2) is 36.5 Å². The molecule has 9 nitrogen and oxygen atoms in total. The molecule has 3 fully saturated rings. The smallest absolute Gasteiger partial charge is 0.243 e. The molecule has 0 radical (unpaired) electrons. The SMILES string of the molecule is CN1CCN(Cc2ccnc(N3CCOCC3)n2)C[C@@H]1C(=O)Nc1cccc(N2CCCC2)c1. The van der Waals surface area contributed by atoms with Crippen LogP contribution < -0.4 is 15.1 Å². The van der Waals surface area contributed by atoms with Gasteiger partial charge in [-0.1, -0.05) is 6.07 Å². The van der Waals surface area contributed by atoms with E-state index in [4.69, 9.17) is 9.72 Å². The monoisotopic (exact) mass is 465 g/mol. The summed E-state index contributed by atoms with van der Waals surface area (Å²) in [6.07, 6.45) is 4.31. The molecule has 9 heteroatoms. The van der Waals surface area contributed by atoms with E-state index in [9.17, 15) is 4.79 Å². The number of amides is 1. The number of rotatable bonds is 6. The molecule has 182 valence electrons. The number of morpholine rings is 1. The summed E-state index contributed by atoms with van der Waals surface area (Å²) in [4.78, 5) is 31.5. The van der Waals surface area contributed by atoms with Gasteiger partial charge in [-0.25, -0.2) is 9.97 Å². The lowest BCUT2D eigenvalue weighted by molar-refractivity contribution is -0.123. The second-order valence-electron chi connectivity index (χ2n) is 9.41. The summed E-state index contributed by atoms with van der Waals surface area (Å²) >= 11 is 0. The van der Waals surface area contributed by atoms with Gasteiger partial charge in [0.25, 0.3) is 0 Å². The molecular formula is C25H35N7O2. The summed E-state index contributed by atoms with van der Waals surface area (Å²) in [5.41, 5.74) is 3.04. The van der Waals surface area contributed by atoms with Crippen LogP contribution in [-0.2, 0) is 16.1 Å². The molecule has 0 unspecified atom stereocenters. The molecule has 3 saturated heterocycles. The van der Waals surface area contributed by atoms with Gasteiger partial charge >= 0.3 is 0 Å². The summed E-state index contributed by atoms with van der Waals surface area (Å²) in [6.45, 7) is 8.37. The third kappa shape index (κ3) is 5.48. The van der Waals surface area contributed by atoms with Gasteiger partial charge in [-0.2, -0.15) is 0 Å². The van der Waals surface area contributed by atoms with Gasteiger partial charge < -0.3 is 19.9 Å². The maximum atomic E-state index is 13.2. The number of benzene rings is 1. The Balaban J connectivity index is 1.21. The largest absolute Gasteiger partial charge is 0.378 e. The molecule has 0 spiro atoms. The zero-order valence-electron chi connectivity index (χ0n) is 20.0. The van der Waals surface area contributed by atoms with E-state index < -0.39 is 0 Å². The number of nitrogens with one attached hydrogen (secondary N) is 1. The first kappa shape index (κ1) is 23.0. The first-order chi connectivity index (χ1) is 16.7. The summed E-state index contributed by atoms with van der Waals surface area (Å²) < 4.78 is 5.44. The van der Waals surface area contributed by atoms with Crippen LogP contribution in [0.25, 0.3) is 0 Å². The van der Waals surface area contributed by atoms with Gasteiger partial charge in [0.05, 0.1) is 18.9 Å². The molecule has 0 saturated carbocycles. The van der Waals surface area contributed by atoms with Crippen molar-refractivity contribution in [3.8, 4) is 0 Å². The van der Waals surface area contributed by atoms with E-state index in [1.54, 1.807) is 0 Å². The minimum atomic E-state index is -0.204. The maximum absolute atomic E-state index is 13.2. The van der Waals surface area contributed by atoms with Crippen molar-refractivity contribution in [2.45, 2.75) is 25.4 Å². The van der Waals surface area contributed by atoms with Crippen LogP contribution in [0.4, 0.5) is 17.3 Å². The zero-order valence-corrected chi connectivity index (χ0v) is 20.0. The predicted octanol–water partition coefficient (Wildman–Crippen LogP) is 1.67. The molecule has 34 heavy (non-hydrogen) atoms. The van der Waals surface area contributed by atoms with E-state index in [0.717, 1.165) is 56.6 Å². The van der Waals surface area contributed by atoms with Crippen molar-refractivity contribution in [3.05, 3.63) is 42.2 Å². The molecule has 0 aliphatic carbocycles. The van der Waals surface area contributed by atoms with Crippen LogP contribution in [0, 0.1) is 0 Å². The second-order valence-corrected chi connectivity index (χ2v) is 9.41. The third-order valence-electron chi connectivity index (χ3n) is 7.00. The molecule has 1 N–H and O–H groups in total. The molecule has 0 bridgehead atoms. The molecule has 3 aliphatic heterocycles. The van der Waals surface area contributed by atoms with Gasteiger partial charge in [0.2, 0.25) is 11.9 Å². The lowest BCUT2D eigenvalue weighted by Gasteiger charge is -2.38. The fourth-order valence-corrected chi connectivity index (χ4v) is 4.96. The van der Waals surface area contributed by atoms with E-state index >= 15 is 0 Å². The number of hydrogen-bond acceptors (Lipinski definition) is 8. The molecule has 1 atom stereocenters. The molecule has 2 aromatic rings. The predicted molar refractivity (Wildman–Crippen MR) is 133 cm³/mol. The van der Waals surface area contributed by atoms with Crippen LogP contribution in [0.1, 0.15) is 18.5 Å². The Morgan fingerprint density at radius 3 is 2.71 bits per heavy atom. The number of carbonyl (C=O) groups excluding carboxylic acids is 1. The van der Waals surface area contributed by atoms with Gasteiger partial charge in [0.15, 0.2) is 0 Å². The number of anilines is 3. The van der Waals surface area contributed by atoms with E-state index in [-0.39, 0.29) is 11.9 Å². The standard InChI is InChI=1S/C25H35N7O2/c1-29-11-12-30(18-21-7-8-26-25(28-21)32-13-15-34-16-14-32)19-23(29)24(33)27-20-5-4-6-22(17-20)31-9-2-3-10-31/h4-8,17,23H,2-3,9-16,18-19H2,1H3,(H,27,33)/t23-/m1/s1. The average Bonchev–Trinajstić information content (AvgIpc) is 3.41. The summed E-state index contributed by atoms with van der Waals surface area (Å²) in [6, 6.07) is 10.00. The van der Waals surface area contributed by atoms with E-state index in [1.807, 2.05) is 31.4 Å². The minimum absolute atomic E-state index is 0.0439. The highest BCUT2D eigenvalue weighted by molar-refractivity contribution is 5.95. The number of nitrogens with zero attached hydrogens (tertiary/aromatic N) is 6. The number of piperazine rings is 1. The zero-order chi connectivity index (χ0) is 23.3. The van der Waals surface area contributed by atoms with E-state index in [0.29, 0.717) is 26.3 Å². The fraction of sp³-hybridized carbons (Fsp3) is 0.560. The quantitative estimate of drug-likeness (QED) is 0.691. The fourth-order valence-electron chi connectivity index (χ4n) is 4.96. The molecule has 3 aliphatic rings. The molecular weight excluding hydrogens is 430 g/mol. The first-order valence-electron chi connectivity index (χ1n) is 12.4. The normalized spacial score (nSPS) is 22.2. The number of aromatic nitrogens is 2. The lowest BCUT2D eigenvalue weighted by atomic mass is 10.1. The lowest BCUT2D eigenvalue weighted by Crippen LogP contribution is -2.55. The maximum Gasteiger partial charge on any atom is 0.243 e. The van der Waals surface area contributed by atoms with Gasteiger partial charge in [0.1, 0.15) is 6.04 Å². The van der Waals surface area contributed by atoms with Gasteiger partial charge in [0, 0.05) is 69.9 Å². The van der Waals surface area contributed by atoms with E-state index in [2.05, 4.69) is 42.0 Å². The second kappa shape index (κ2) is 10.7. The van der Waals surface area contributed by atoms with Crippen molar-refractivity contribution in [1.82, 2.24) is 19.8 Å². The number of carbonyl (C=O) groups is 1. The first-order valence-corrected chi connectivity index (χ1v) is 12.4. The van der Waals surface area contributed by atoms with Crippen molar-refractivity contribution < 1.29 is 9.53 Å². The van der Waals surface area contributed by atoms with Crippen molar-refractivity contribution >= 4 is 23.2 Å². The van der Waals surface area contributed by atoms with Crippen molar-refractivity contribution in [2.75, 3.05) is 81.2 Å².